The van der Waals surface area contributed by atoms with Gasteiger partial charge in [-0.1, -0.05) is 12.1 Å². The molecule has 0 radical (unpaired) electrons. The van der Waals surface area contributed by atoms with Crippen molar-refractivity contribution in [2.75, 3.05) is 13.1 Å². The Morgan fingerprint density at radius 3 is 2.67 bits per heavy atom. The molecule has 1 amide bonds. The highest BCUT2D eigenvalue weighted by Gasteiger charge is 2.17. The van der Waals surface area contributed by atoms with Crippen molar-refractivity contribution < 1.29 is 9.18 Å². The van der Waals surface area contributed by atoms with Crippen LogP contribution in [0.4, 0.5) is 4.39 Å². The van der Waals surface area contributed by atoms with Gasteiger partial charge < -0.3 is 10.6 Å². The number of carbonyl (C=O) groups is 1. The van der Waals surface area contributed by atoms with E-state index >= 15 is 0 Å². The first-order valence-corrected chi connectivity index (χ1v) is 5.01. The smallest absolute Gasteiger partial charge is 0.221 e. The minimum atomic E-state index is -0.253. The van der Waals surface area contributed by atoms with Gasteiger partial charge in [0.25, 0.3) is 0 Å². The molecule has 1 saturated heterocycles. The Morgan fingerprint density at radius 1 is 1.20 bits per heavy atom. The van der Waals surface area contributed by atoms with Crippen molar-refractivity contribution in [3.8, 4) is 0 Å². The highest BCUT2D eigenvalue weighted by molar-refractivity contribution is 5.77. The van der Waals surface area contributed by atoms with Gasteiger partial charge in [-0.2, -0.15) is 0 Å². The van der Waals surface area contributed by atoms with Crippen molar-refractivity contribution in [3.05, 3.63) is 35.6 Å². The van der Waals surface area contributed by atoms with Gasteiger partial charge in [0, 0.05) is 25.6 Å². The Labute approximate surface area is 87.7 Å². The van der Waals surface area contributed by atoms with Crippen LogP contribution in [0.25, 0.3) is 0 Å². The summed E-state index contributed by atoms with van der Waals surface area (Å²) in [5, 5.41) is 6.02. The van der Waals surface area contributed by atoms with E-state index in [0.717, 1.165) is 12.1 Å². The van der Waals surface area contributed by atoms with Crippen molar-refractivity contribution in [2.24, 2.45) is 0 Å². The third kappa shape index (κ3) is 2.53. The first kappa shape index (κ1) is 10.1. The number of rotatable bonds is 1. The van der Waals surface area contributed by atoms with Gasteiger partial charge in [0.15, 0.2) is 0 Å². The summed E-state index contributed by atoms with van der Waals surface area (Å²) in [6, 6.07) is 6.25. The summed E-state index contributed by atoms with van der Waals surface area (Å²) in [5.74, 6) is -0.217. The summed E-state index contributed by atoms with van der Waals surface area (Å²) < 4.78 is 12.7. The molecule has 0 bridgehead atoms. The second-order valence-corrected chi connectivity index (χ2v) is 3.61. The summed E-state index contributed by atoms with van der Waals surface area (Å²) in [5.41, 5.74) is 0.952. The van der Waals surface area contributed by atoms with E-state index in [0.29, 0.717) is 13.0 Å². The molecule has 1 aromatic rings. The van der Waals surface area contributed by atoms with E-state index in [1.807, 2.05) is 0 Å². The van der Waals surface area contributed by atoms with E-state index in [1.165, 1.54) is 12.1 Å². The molecular weight excluding hydrogens is 195 g/mol. The summed E-state index contributed by atoms with van der Waals surface area (Å²) >= 11 is 0. The van der Waals surface area contributed by atoms with E-state index in [1.54, 1.807) is 12.1 Å². The Balaban J connectivity index is 2.14. The summed E-state index contributed by atoms with van der Waals surface area (Å²) in [6.07, 6.45) is 0.408. The Hall–Kier alpha value is -1.42. The van der Waals surface area contributed by atoms with Gasteiger partial charge in [-0.05, 0) is 17.7 Å². The first-order valence-electron chi connectivity index (χ1n) is 5.01. The maximum absolute atomic E-state index is 12.7. The van der Waals surface area contributed by atoms with Crippen LogP contribution in [0.1, 0.15) is 18.0 Å². The normalized spacial score (nSPS) is 21.9. The number of nitrogens with one attached hydrogen (secondary N) is 2. The van der Waals surface area contributed by atoms with E-state index in [9.17, 15) is 9.18 Å². The highest BCUT2D eigenvalue weighted by Crippen LogP contribution is 2.17. The fourth-order valence-electron chi connectivity index (χ4n) is 1.71. The van der Waals surface area contributed by atoms with Crippen molar-refractivity contribution >= 4 is 5.91 Å². The zero-order valence-electron chi connectivity index (χ0n) is 8.29. The summed E-state index contributed by atoms with van der Waals surface area (Å²) in [4.78, 5) is 11.3. The minimum Gasteiger partial charge on any atom is -0.355 e. The maximum atomic E-state index is 12.7. The van der Waals surface area contributed by atoms with Crippen LogP contribution in [-0.4, -0.2) is 19.0 Å². The lowest BCUT2D eigenvalue weighted by atomic mass is 10.0. The standard InChI is InChI=1S/C11H13FN2O/c12-9-3-1-8(2-4-9)10-7-11(15)14-6-5-13-10/h1-4,10,13H,5-7H2,(H,14,15). The van der Waals surface area contributed by atoms with Gasteiger partial charge in [0.2, 0.25) is 5.91 Å². The second-order valence-electron chi connectivity index (χ2n) is 3.61. The largest absolute Gasteiger partial charge is 0.355 e. The van der Waals surface area contributed by atoms with Crippen LogP contribution in [0.15, 0.2) is 24.3 Å². The van der Waals surface area contributed by atoms with Crippen LogP contribution in [0.3, 0.4) is 0 Å². The topological polar surface area (TPSA) is 41.1 Å². The monoisotopic (exact) mass is 208 g/mol. The number of carbonyl (C=O) groups excluding carboxylic acids is 1. The predicted octanol–water partition coefficient (Wildman–Crippen LogP) is 0.976. The average molecular weight is 208 g/mol. The molecule has 1 aliphatic rings. The fourth-order valence-corrected chi connectivity index (χ4v) is 1.71. The van der Waals surface area contributed by atoms with Crippen LogP contribution in [0, 0.1) is 5.82 Å². The Kier molecular flexibility index (Phi) is 2.97. The van der Waals surface area contributed by atoms with E-state index in [2.05, 4.69) is 10.6 Å². The third-order valence-electron chi connectivity index (χ3n) is 2.50. The molecule has 0 spiro atoms. The van der Waals surface area contributed by atoms with E-state index < -0.39 is 0 Å². The van der Waals surface area contributed by atoms with Crippen molar-refractivity contribution in [2.45, 2.75) is 12.5 Å². The van der Waals surface area contributed by atoms with Gasteiger partial charge >= 0.3 is 0 Å². The maximum Gasteiger partial charge on any atom is 0.221 e. The van der Waals surface area contributed by atoms with Crippen LogP contribution >= 0.6 is 0 Å². The van der Waals surface area contributed by atoms with Gasteiger partial charge in [-0.15, -0.1) is 0 Å². The quantitative estimate of drug-likeness (QED) is 0.722. The number of halogens is 1. The molecule has 0 aromatic heterocycles. The molecule has 1 fully saturated rings. The van der Waals surface area contributed by atoms with Crippen molar-refractivity contribution in [1.29, 1.82) is 0 Å². The first-order chi connectivity index (χ1) is 7.25. The van der Waals surface area contributed by atoms with Crippen LogP contribution in [0.5, 0.6) is 0 Å². The molecular formula is C11H13FN2O. The second kappa shape index (κ2) is 4.40. The molecule has 1 aromatic carbocycles. The van der Waals surface area contributed by atoms with Crippen LogP contribution in [0.2, 0.25) is 0 Å². The van der Waals surface area contributed by atoms with Gasteiger partial charge in [0.05, 0.1) is 0 Å². The van der Waals surface area contributed by atoms with Crippen LogP contribution < -0.4 is 10.6 Å². The number of hydrogen-bond donors (Lipinski definition) is 2. The lowest BCUT2D eigenvalue weighted by Gasteiger charge is -2.14. The molecule has 4 heteroatoms. The molecule has 80 valence electrons. The lowest BCUT2D eigenvalue weighted by Crippen LogP contribution is -2.24. The Morgan fingerprint density at radius 2 is 1.93 bits per heavy atom. The Bertz CT molecular complexity index is 350. The van der Waals surface area contributed by atoms with Crippen molar-refractivity contribution in [3.63, 3.8) is 0 Å². The van der Waals surface area contributed by atoms with E-state index in [4.69, 9.17) is 0 Å². The molecule has 1 aliphatic heterocycles. The van der Waals surface area contributed by atoms with Crippen molar-refractivity contribution in [1.82, 2.24) is 10.6 Å². The number of amides is 1. The summed E-state index contributed by atoms with van der Waals surface area (Å²) in [7, 11) is 0. The summed E-state index contributed by atoms with van der Waals surface area (Å²) in [6.45, 7) is 1.39. The average Bonchev–Trinajstić information content (AvgIpc) is 2.44. The van der Waals surface area contributed by atoms with Crippen LogP contribution in [-0.2, 0) is 4.79 Å². The zero-order valence-corrected chi connectivity index (χ0v) is 8.29. The molecule has 0 aliphatic carbocycles. The lowest BCUT2D eigenvalue weighted by molar-refractivity contribution is -0.121. The molecule has 2 rings (SSSR count). The minimum absolute atomic E-state index is 0.00639. The molecule has 1 heterocycles. The van der Waals surface area contributed by atoms with Gasteiger partial charge in [-0.25, -0.2) is 4.39 Å². The molecule has 15 heavy (non-hydrogen) atoms. The molecule has 1 atom stereocenters. The van der Waals surface area contributed by atoms with E-state index in [-0.39, 0.29) is 17.8 Å². The molecule has 1 unspecified atom stereocenters. The highest BCUT2D eigenvalue weighted by atomic mass is 19.1. The molecule has 0 saturated carbocycles. The third-order valence-corrected chi connectivity index (χ3v) is 2.50. The van der Waals surface area contributed by atoms with Gasteiger partial charge in [-0.3, -0.25) is 4.79 Å². The molecule has 3 nitrogen and oxygen atoms in total. The van der Waals surface area contributed by atoms with Gasteiger partial charge in [0.1, 0.15) is 5.82 Å². The SMILES string of the molecule is O=C1CC(c2ccc(F)cc2)NCCN1. The number of hydrogen-bond acceptors (Lipinski definition) is 2. The predicted molar refractivity (Wildman–Crippen MR) is 54.8 cm³/mol. The molecule has 2 N–H and O–H groups in total. The fraction of sp³-hybridized carbons (Fsp3) is 0.364. The number of benzene rings is 1. The zero-order chi connectivity index (χ0) is 10.7.